The molecule has 4 aromatic carbocycles. The van der Waals surface area contributed by atoms with Crippen molar-refractivity contribution in [3.63, 3.8) is 0 Å². The summed E-state index contributed by atoms with van der Waals surface area (Å²) in [6.45, 7) is 6.18. The lowest BCUT2D eigenvalue weighted by molar-refractivity contribution is 0.0696. The van der Waals surface area contributed by atoms with E-state index in [-0.39, 0.29) is 23.6 Å². The number of carboxylic acids is 1. The van der Waals surface area contributed by atoms with Crippen molar-refractivity contribution in [2.75, 3.05) is 7.11 Å². The summed E-state index contributed by atoms with van der Waals surface area (Å²) in [5.74, 6) is 0.697. The summed E-state index contributed by atoms with van der Waals surface area (Å²) >= 11 is 9.92. The summed E-state index contributed by atoms with van der Waals surface area (Å²) in [4.78, 5) is 30.2. The van der Waals surface area contributed by atoms with Gasteiger partial charge in [0.2, 0.25) is 0 Å². The predicted molar refractivity (Wildman–Crippen MR) is 177 cm³/mol. The number of benzene rings is 4. The van der Waals surface area contributed by atoms with Gasteiger partial charge in [-0.3, -0.25) is 4.79 Å². The molecule has 5 rings (SSSR count). The summed E-state index contributed by atoms with van der Waals surface area (Å²) in [5, 5.41) is 14.8. The van der Waals surface area contributed by atoms with Gasteiger partial charge in [0.05, 0.1) is 34.3 Å². The fraction of sp³-hybridized carbons (Fsp3) is 0.176. The normalized spacial score (nSPS) is 11.4. The average molecular weight is 675 g/mol. The molecule has 224 valence electrons. The Kier molecular flexibility index (Phi) is 9.17. The molecule has 1 heterocycles. The maximum Gasteiger partial charge on any atom is 0.335 e. The van der Waals surface area contributed by atoms with Crippen LogP contribution >= 0.6 is 27.5 Å². The van der Waals surface area contributed by atoms with Crippen molar-refractivity contribution in [3.05, 3.63) is 120 Å². The standard InChI is InChI=1S/C34H29BrClN3O5/c1-19(2)26-16-27(20(3)12-30(26)43-4)32-38-29-11-6-5-10-25(29)33(40)39(32)37-17-23-14-24(36)15-28(35)31(23)44-18-21-8-7-9-22(13-21)34(41)42/h5-17,19H,18H2,1-4H3,(H,41,42). The Balaban J connectivity index is 1.64. The summed E-state index contributed by atoms with van der Waals surface area (Å²) in [7, 11) is 1.64. The second kappa shape index (κ2) is 13.0. The molecule has 44 heavy (non-hydrogen) atoms. The summed E-state index contributed by atoms with van der Waals surface area (Å²) in [6, 6.07) is 21.0. The smallest absolute Gasteiger partial charge is 0.335 e. The van der Waals surface area contributed by atoms with Gasteiger partial charge in [-0.1, -0.05) is 49.7 Å². The third-order valence-corrected chi connectivity index (χ3v) is 7.91. The number of methoxy groups -OCH3 is 1. The summed E-state index contributed by atoms with van der Waals surface area (Å²) in [5.41, 5.74) is 4.14. The van der Waals surface area contributed by atoms with Gasteiger partial charge in [-0.05, 0) is 94.0 Å². The number of nitrogens with zero attached hydrogens (tertiary/aromatic N) is 3. The molecule has 0 bridgehead atoms. The Morgan fingerprint density at radius 2 is 1.89 bits per heavy atom. The number of aryl methyl sites for hydroxylation is 1. The van der Waals surface area contributed by atoms with Gasteiger partial charge in [0, 0.05) is 16.1 Å². The number of fused-ring (bicyclic) bond motifs is 1. The van der Waals surface area contributed by atoms with E-state index in [1.54, 1.807) is 55.6 Å². The quantitative estimate of drug-likeness (QED) is 0.159. The minimum Gasteiger partial charge on any atom is -0.496 e. The molecule has 0 radical (unpaired) electrons. The van der Waals surface area contributed by atoms with Gasteiger partial charge in [-0.25, -0.2) is 9.78 Å². The highest BCUT2D eigenvalue weighted by molar-refractivity contribution is 9.10. The predicted octanol–water partition coefficient (Wildman–Crippen LogP) is 8.08. The molecule has 0 aliphatic rings. The van der Waals surface area contributed by atoms with Crippen molar-refractivity contribution < 1.29 is 19.4 Å². The summed E-state index contributed by atoms with van der Waals surface area (Å²) < 4.78 is 13.6. The number of rotatable bonds is 9. The molecule has 0 fully saturated rings. The molecule has 0 atom stereocenters. The monoisotopic (exact) mass is 673 g/mol. The first kappa shape index (κ1) is 31.0. The zero-order valence-corrected chi connectivity index (χ0v) is 26.8. The second-order valence-electron chi connectivity index (χ2n) is 10.5. The molecule has 0 amide bonds. The van der Waals surface area contributed by atoms with Gasteiger partial charge >= 0.3 is 5.97 Å². The third kappa shape index (κ3) is 6.39. The largest absolute Gasteiger partial charge is 0.496 e. The molecule has 0 saturated heterocycles. The van der Waals surface area contributed by atoms with E-state index in [0.717, 1.165) is 22.4 Å². The molecule has 0 aliphatic heterocycles. The SMILES string of the molecule is COc1cc(C)c(-c2nc3ccccc3c(=O)n2N=Cc2cc(Cl)cc(Br)c2OCc2cccc(C(=O)O)c2)cc1C(C)C. The molecule has 0 saturated carbocycles. The number of para-hydroxylation sites is 1. The minimum absolute atomic E-state index is 0.0912. The number of ether oxygens (including phenoxy) is 2. The number of hydrogen-bond donors (Lipinski definition) is 1. The third-order valence-electron chi connectivity index (χ3n) is 7.10. The van der Waals surface area contributed by atoms with Crippen LogP contribution in [-0.4, -0.2) is 34.1 Å². The van der Waals surface area contributed by atoms with Crippen LogP contribution in [0.1, 0.15) is 52.4 Å². The van der Waals surface area contributed by atoms with Crippen LogP contribution < -0.4 is 15.0 Å². The van der Waals surface area contributed by atoms with Crippen molar-refractivity contribution in [3.8, 4) is 22.9 Å². The van der Waals surface area contributed by atoms with Gasteiger partial charge in [0.25, 0.3) is 5.56 Å². The van der Waals surface area contributed by atoms with E-state index >= 15 is 0 Å². The Bertz CT molecular complexity index is 1990. The van der Waals surface area contributed by atoms with Crippen LogP contribution in [0.2, 0.25) is 5.02 Å². The lowest BCUT2D eigenvalue weighted by Crippen LogP contribution is -2.21. The van der Waals surface area contributed by atoms with E-state index in [4.69, 9.17) is 26.1 Å². The van der Waals surface area contributed by atoms with E-state index in [9.17, 15) is 14.7 Å². The van der Waals surface area contributed by atoms with Gasteiger partial charge in [-0.2, -0.15) is 9.78 Å². The fourth-order valence-electron chi connectivity index (χ4n) is 4.87. The second-order valence-corrected chi connectivity index (χ2v) is 11.8. The first-order valence-corrected chi connectivity index (χ1v) is 14.9. The molecule has 0 unspecified atom stereocenters. The summed E-state index contributed by atoms with van der Waals surface area (Å²) in [6.07, 6.45) is 1.50. The molecular formula is C34H29BrClN3O5. The van der Waals surface area contributed by atoms with Crippen LogP contribution in [0.5, 0.6) is 11.5 Å². The molecule has 8 nitrogen and oxygen atoms in total. The van der Waals surface area contributed by atoms with E-state index in [0.29, 0.717) is 43.1 Å². The molecule has 5 aromatic rings. The number of halogens is 2. The number of aromatic carboxylic acids is 1. The molecule has 0 aliphatic carbocycles. The number of carboxylic acid groups (broad SMARTS) is 1. The topological polar surface area (TPSA) is 103 Å². The molecule has 1 aromatic heterocycles. The van der Waals surface area contributed by atoms with Crippen LogP contribution in [0.4, 0.5) is 0 Å². The number of aromatic nitrogens is 2. The first-order valence-electron chi connectivity index (χ1n) is 13.8. The van der Waals surface area contributed by atoms with Crippen molar-refractivity contribution in [2.45, 2.75) is 33.3 Å². The highest BCUT2D eigenvalue weighted by Gasteiger charge is 2.19. The highest BCUT2D eigenvalue weighted by Crippen LogP contribution is 2.35. The highest BCUT2D eigenvalue weighted by atomic mass is 79.9. The van der Waals surface area contributed by atoms with Gasteiger partial charge < -0.3 is 14.6 Å². The van der Waals surface area contributed by atoms with E-state index in [1.165, 1.54) is 17.0 Å². The zero-order chi connectivity index (χ0) is 31.5. The van der Waals surface area contributed by atoms with Gasteiger partial charge in [0.1, 0.15) is 18.1 Å². The fourth-order valence-corrected chi connectivity index (χ4v) is 5.82. The Hall–Kier alpha value is -4.47. The van der Waals surface area contributed by atoms with E-state index in [1.807, 2.05) is 25.1 Å². The van der Waals surface area contributed by atoms with Crippen molar-refractivity contribution >= 4 is 50.6 Å². The number of carbonyl (C=O) groups is 1. The lowest BCUT2D eigenvalue weighted by atomic mass is 9.96. The molecule has 10 heteroatoms. The van der Waals surface area contributed by atoms with E-state index in [2.05, 4.69) is 34.9 Å². The van der Waals surface area contributed by atoms with E-state index < -0.39 is 5.97 Å². The maximum atomic E-state index is 13.9. The molecule has 1 N–H and O–H groups in total. The average Bonchev–Trinajstić information content (AvgIpc) is 2.99. The van der Waals surface area contributed by atoms with Crippen molar-refractivity contribution in [1.82, 2.24) is 9.66 Å². The van der Waals surface area contributed by atoms with Crippen LogP contribution in [0, 0.1) is 6.92 Å². The van der Waals surface area contributed by atoms with Crippen molar-refractivity contribution in [2.24, 2.45) is 5.10 Å². The van der Waals surface area contributed by atoms with Crippen LogP contribution in [0.25, 0.3) is 22.3 Å². The van der Waals surface area contributed by atoms with Crippen molar-refractivity contribution in [1.29, 1.82) is 0 Å². The molecule has 0 spiro atoms. The minimum atomic E-state index is -1.02. The maximum absolute atomic E-state index is 13.9. The van der Waals surface area contributed by atoms with Gasteiger partial charge in [0.15, 0.2) is 5.82 Å². The first-order chi connectivity index (χ1) is 21.1. The Morgan fingerprint density at radius 1 is 1.11 bits per heavy atom. The Morgan fingerprint density at radius 3 is 2.61 bits per heavy atom. The Labute approximate surface area is 267 Å². The zero-order valence-electron chi connectivity index (χ0n) is 24.5. The number of hydrogen-bond acceptors (Lipinski definition) is 6. The lowest BCUT2D eigenvalue weighted by Gasteiger charge is -2.17. The van der Waals surface area contributed by atoms with Gasteiger partial charge in [-0.15, -0.1) is 0 Å². The van der Waals surface area contributed by atoms with Crippen LogP contribution in [-0.2, 0) is 6.61 Å². The molecular weight excluding hydrogens is 646 g/mol. The van der Waals surface area contributed by atoms with Crippen LogP contribution in [0.3, 0.4) is 0 Å². The van der Waals surface area contributed by atoms with Crippen LogP contribution in [0.15, 0.2) is 87.2 Å².